The molecular formula is C12H15NO. The summed E-state index contributed by atoms with van der Waals surface area (Å²) < 4.78 is 5.69. The topological polar surface area (TPSA) is 25.2 Å². The maximum Gasteiger partial charge on any atom is 0.117 e. The zero-order valence-corrected chi connectivity index (χ0v) is 8.42. The van der Waals surface area contributed by atoms with Crippen molar-refractivity contribution in [3.8, 4) is 12.3 Å². The minimum Gasteiger partial charge on any atom is -0.464 e. The molecule has 1 saturated carbocycles. The maximum atomic E-state index is 5.69. The summed E-state index contributed by atoms with van der Waals surface area (Å²) in [5.41, 5.74) is 0. The molecule has 14 heavy (non-hydrogen) atoms. The Bertz CT molecular complexity index is 347. The number of rotatable bonds is 4. The van der Waals surface area contributed by atoms with Crippen LogP contribution in [0.2, 0.25) is 0 Å². The molecule has 1 heterocycles. The van der Waals surface area contributed by atoms with Gasteiger partial charge in [-0.3, -0.25) is 5.32 Å². The second kappa shape index (κ2) is 3.89. The maximum absolute atomic E-state index is 5.69. The first-order chi connectivity index (χ1) is 6.81. The van der Waals surface area contributed by atoms with Gasteiger partial charge in [-0.2, -0.15) is 0 Å². The summed E-state index contributed by atoms with van der Waals surface area (Å²) in [6.45, 7) is 3.57. The predicted molar refractivity (Wildman–Crippen MR) is 55.8 cm³/mol. The van der Waals surface area contributed by atoms with Crippen LogP contribution >= 0.6 is 0 Å². The van der Waals surface area contributed by atoms with E-state index in [1.807, 2.05) is 6.07 Å². The fraction of sp³-hybridized carbons (Fsp3) is 0.500. The second-order valence-electron chi connectivity index (χ2n) is 3.93. The molecule has 1 aliphatic rings. The molecule has 2 rings (SSSR count). The van der Waals surface area contributed by atoms with Crippen molar-refractivity contribution >= 4 is 0 Å². The summed E-state index contributed by atoms with van der Waals surface area (Å²) in [7, 11) is 0. The summed E-state index contributed by atoms with van der Waals surface area (Å²) >= 11 is 0. The Balaban J connectivity index is 1.87. The summed E-state index contributed by atoms with van der Waals surface area (Å²) in [6.07, 6.45) is 6.40. The van der Waals surface area contributed by atoms with Crippen molar-refractivity contribution in [2.45, 2.75) is 25.8 Å². The van der Waals surface area contributed by atoms with Gasteiger partial charge in [-0.1, -0.05) is 12.8 Å². The van der Waals surface area contributed by atoms with E-state index in [2.05, 4.69) is 24.2 Å². The van der Waals surface area contributed by atoms with Crippen LogP contribution in [0.15, 0.2) is 16.5 Å². The molecule has 0 bridgehead atoms. The molecule has 0 spiro atoms. The van der Waals surface area contributed by atoms with Gasteiger partial charge in [-0.25, -0.2) is 0 Å². The van der Waals surface area contributed by atoms with E-state index in [9.17, 15) is 0 Å². The lowest BCUT2D eigenvalue weighted by molar-refractivity contribution is 0.449. The predicted octanol–water partition coefficient (Wildman–Crippen LogP) is 2.13. The normalized spacial score (nSPS) is 24.6. The van der Waals surface area contributed by atoms with Gasteiger partial charge in [0.2, 0.25) is 0 Å². The lowest BCUT2D eigenvalue weighted by Gasteiger charge is -1.96. The van der Waals surface area contributed by atoms with Crippen molar-refractivity contribution in [1.82, 2.24) is 5.32 Å². The first kappa shape index (κ1) is 9.36. The van der Waals surface area contributed by atoms with Gasteiger partial charge in [0.25, 0.3) is 0 Å². The molecule has 0 saturated heterocycles. The second-order valence-corrected chi connectivity index (χ2v) is 3.93. The molecule has 0 aromatic carbocycles. The highest BCUT2D eigenvalue weighted by Crippen LogP contribution is 2.47. The number of terminal acetylenes is 1. The Hall–Kier alpha value is -1.20. The molecule has 2 heteroatoms. The van der Waals surface area contributed by atoms with Crippen molar-refractivity contribution in [3.63, 3.8) is 0 Å². The zero-order valence-electron chi connectivity index (χ0n) is 8.42. The first-order valence-corrected chi connectivity index (χ1v) is 5.04. The monoisotopic (exact) mass is 189 g/mol. The molecule has 1 aliphatic carbocycles. The minimum atomic E-state index is 0.593. The van der Waals surface area contributed by atoms with Gasteiger partial charge >= 0.3 is 0 Å². The van der Waals surface area contributed by atoms with Crippen molar-refractivity contribution in [3.05, 3.63) is 23.7 Å². The van der Waals surface area contributed by atoms with Crippen LogP contribution in [0.1, 0.15) is 30.8 Å². The average Bonchev–Trinajstić information content (AvgIpc) is 2.74. The quantitative estimate of drug-likeness (QED) is 0.579. The van der Waals surface area contributed by atoms with E-state index >= 15 is 0 Å². The molecular weight excluding hydrogens is 174 g/mol. The summed E-state index contributed by atoms with van der Waals surface area (Å²) in [5, 5.41) is 3.11. The molecule has 1 aromatic heterocycles. The molecule has 0 aliphatic heterocycles. The number of hydrogen-bond acceptors (Lipinski definition) is 2. The smallest absolute Gasteiger partial charge is 0.117 e. The van der Waals surface area contributed by atoms with Gasteiger partial charge < -0.3 is 4.42 Å². The fourth-order valence-corrected chi connectivity index (χ4v) is 1.67. The lowest BCUT2D eigenvalue weighted by Crippen LogP contribution is -2.12. The Kier molecular flexibility index (Phi) is 2.60. The number of hydrogen-bond donors (Lipinski definition) is 1. The zero-order chi connectivity index (χ0) is 9.97. The molecule has 0 radical (unpaired) electrons. The third-order valence-electron chi connectivity index (χ3n) is 2.68. The van der Waals surface area contributed by atoms with E-state index in [-0.39, 0.29) is 0 Å². The highest BCUT2D eigenvalue weighted by molar-refractivity contribution is 5.17. The average molecular weight is 189 g/mol. The minimum absolute atomic E-state index is 0.593. The Morgan fingerprint density at radius 2 is 2.43 bits per heavy atom. The van der Waals surface area contributed by atoms with Crippen molar-refractivity contribution in [2.75, 3.05) is 6.54 Å². The van der Waals surface area contributed by atoms with Crippen LogP contribution in [0.25, 0.3) is 0 Å². The first-order valence-electron chi connectivity index (χ1n) is 5.04. The summed E-state index contributed by atoms with van der Waals surface area (Å²) in [5.74, 6) is 6.11. The van der Waals surface area contributed by atoms with Crippen molar-refractivity contribution < 1.29 is 4.42 Å². The molecule has 1 fully saturated rings. The van der Waals surface area contributed by atoms with Gasteiger partial charge in [0.1, 0.15) is 11.5 Å². The van der Waals surface area contributed by atoms with Crippen LogP contribution in [-0.4, -0.2) is 6.54 Å². The van der Waals surface area contributed by atoms with E-state index in [1.54, 1.807) is 0 Å². The Morgan fingerprint density at radius 1 is 1.64 bits per heavy atom. The molecule has 0 amide bonds. The Morgan fingerprint density at radius 3 is 3.07 bits per heavy atom. The van der Waals surface area contributed by atoms with Crippen LogP contribution in [0.4, 0.5) is 0 Å². The van der Waals surface area contributed by atoms with Crippen LogP contribution in [0, 0.1) is 18.3 Å². The molecule has 74 valence electrons. The SMILES string of the molecule is C#CCNCc1ccc(C2CC2C)o1. The molecule has 1 N–H and O–H groups in total. The van der Waals surface area contributed by atoms with E-state index in [0.717, 1.165) is 24.0 Å². The van der Waals surface area contributed by atoms with Crippen LogP contribution < -0.4 is 5.32 Å². The van der Waals surface area contributed by atoms with Crippen LogP contribution in [-0.2, 0) is 6.54 Å². The number of furan rings is 1. The van der Waals surface area contributed by atoms with Gasteiger partial charge in [0.05, 0.1) is 13.1 Å². The number of nitrogens with one attached hydrogen (secondary N) is 1. The highest BCUT2D eigenvalue weighted by atomic mass is 16.3. The van der Waals surface area contributed by atoms with Crippen molar-refractivity contribution in [1.29, 1.82) is 0 Å². The van der Waals surface area contributed by atoms with Crippen LogP contribution in [0.5, 0.6) is 0 Å². The molecule has 2 atom stereocenters. The lowest BCUT2D eigenvalue weighted by atomic mass is 10.3. The van der Waals surface area contributed by atoms with Gasteiger partial charge in [-0.15, -0.1) is 6.42 Å². The highest BCUT2D eigenvalue weighted by Gasteiger charge is 2.36. The van der Waals surface area contributed by atoms with E-state index in [0.29, 0.717) is 12.5 Å². The van der Waals surface area contributed by atoms with Gasteiger partial charge in [0, 0.05) is 5.92 Å². The molecule has 2 unspecified atom stereocenters. The standard InChI is InChI=1S/C12H15NO/c1-3-6-13-8-10-4-5-12(14-10)11-7-9(11)2/h1,4-5,9,11,13H,6-8H2,2H3. The largest absolute Gasteiger partial charge is 0.464 e. The van der Waals surface area contributed by atoms with E-state index in [1.165, 1.54) is 6.42 Å². The Labute approximate surface area is 84.7 Å². The van der Waals surface area contributed by atoms with Crippen LogP contribution in [0.3, 0.4) is 0 Å². The van der Waals surface area contributed by atoms with E-state index in [4.69, 9.17) is 10.8 Å². The summed E-state index contributed by atoms with van der Waals surface area (Å²) in [6, 6.07) is 4.12. The van der Waals surface area contributed by atoms with Gasteiger partial charge in [-0.05, 0) is 24.5 Å². The third-order valence-corrected chi connectivity index (χ3v) is 2.68. The molecule has 2 nitrogen and oxygen atoms in total. The van der Waals surface area contributed by atoms with Crippen molar-refractivity contribution in [2.24, 2.45) is 5.92 Å². The fourth-order valence-electron chi connectivity index (χ4n) is 1.67. The third kappa shape index (κ3) is 2.00. The van der Waals surface area contributed by atoms with E-state index < -0.39 is 0 Å². The van der Waals surface area contributed by atoms with Gasteiger partial charge in [0.15, 0.2) is 0 Å². The summed E-state index contributed by atoms with van der Waals surface area (Å²) in [4.78, 5) is 0. The molecule has 1 aromatic rings.